The number of carboxylic acid groups (broad SMARTS) is 2. The van der Waals surface area contributed by atoms with Crippen LogP contribution in [0.3, 0.4) is 0 Å². The molecule has 0 heterocycles. The van der Waals surface area contributed by atoms with Crippen LogP contribution in [0, 0.1) is 0 Å². The zero-order chi connectivity index (χ0) is 16.9. The van der Waals surface area contributed by atoms with Gasteiger partial charge in [-0.05, 0) is 17.5 Å². The van der Waals surface area contributed by atoms with Gasteiger partial charge in [0.1, 0.15) is 0 Å². The molecule has 2 aromatic rings. The molecule has 0 saturated heterocycles. The first-order valence-electron chi connectivity index (χ1n) is 7.29. The van der Waals surface area contributed by atoms with Gasteiger partial charge in [-0.2, -0.15) is 0 Å². The van der Waals surface area contributed by atoms with Gasteiger partial charge in [0, 0.05) is 12.8 Å². The zero-order valence-corrected chi connectivity index (χ0v) is 12.8. The molecule has 4 nitrogen and oxygen atoms in total. The quantitative estimate of drug-likeness (QED) is 0.785. The third-order valence-electron chi connectivity index (χ3n) is 2.85. The molecule has 0 saturated carbocycles. The van der Waals surface area contributed by atoms with Gasteiger partial charge >= 0.3 is 11.9 Å². The van der Waals surface area contributed by atoms with Crippen molar-refractivity contribution in [2.45, 2.75) is 19.3 Å². The maximum Gasteiger partial charge on any atom is 0.303 e. The first kappa shape index (κ1) is 18.2. The molecule has 0 aliphatic carbocycles. The zero-order valence-electron chi connectivity index (χ0n) is 12.8. The largest absolute Gasteiger partial charge is 0.481 e. The van der Waals surface area contributed by atoms with E-state index in [1.807, 2.05) is 36.4 Å². The Hall–Kier alpha value is -2.88. The maximum absolute atomic E-state index is 9.79. The highest BCUT2D eigenvalue weighted by molar-refractivity contribution is 5.70. The van der Waals surface area contributed by atoms with Crippen molar-refractivity contribution in [3.05, 3.63) is 71.8 Å². The summed E-state index contributed by atoms with van der Waals surface area (Å²) in [6.07, 6.45) is 4.33. The van der Waals surface area contributed by atoms with Crippen LogP contribution in [0.25, 0.3) is 12.2 Å². The lowest BCUT2D eigenvalue weighted by Crippen LogP contribution is -1.98. The Morgan fingerprint density at radius 2 is 1.04 bits per heavy atom. The van der Waals surface area contributed by atoms with Crippen molar-refractivity contribution >= 4 is 24.1 Å². The summed E-state index contributed by atoms with van der Waals surface area (Å²) < 4.78 is 0. The summed E-state index contributed by atoms with van der Waals surface area (Å²) in [6, 6.07) is 20.6. The van der Waals surface area contributed by atoms with Crippen molar-refractivity contribution < 1.29 is 19.8 Å². The lowest BCUT2D eigenvalue weighted by atomic mass is 10.1. The van der Waals surface area contributed by atoms with E-state index in [-0.39, 0.29) is 19.3 Å². The van der Waals surface area contributed by atoms with Crippen LogP contribution < -0.4 is 0 Å². The molecule has 0 amide bonds. The third-order valence-corrected chi connectivity index (χ3v) is 2.85. The molecule has 0 unspecified atom stereocenters. The van der Waals surface area contributed by atoms with Gasteiger partial charge in [-0.15, -0.1) is 0 Å². The van der Waals surface area contributed by atoms with Gasteiger partial charge in [-0.1, -0.05) is 72.8 Å². The molecule has 0 atom stereocenters. The molecule has 0 radical (unpaired) electrons. The lowest BCUT2D eigenvalue weighted by molar-refractivity contribution is -0.138. The summed E-state index contributed by atoms with van der Waals surface area (Å²) in [5, 5.41) is 16.1. The number of hydrogen-bond acceptors (Lipinski definition) is 2. The monoisotopic (exact) mass is 312 g/mol. The van der Waals surface area contributed by atoms with Crippen molar-refractivity contribution in [3.8, 4) is 0 Å². The second-order valence-corrected chi connectivity index (χ2v) is 4.80. The average molecular weight is 312 g/mol. The molecule has 23 heavy (non-hydrogen) atoms. The molecule has 2 aromatic carbocycles. The maximum atomic E-state index is 9.79. The first-order chi connectivity index (χ1) is 11.1. The van der Waals surface area contributed by atoms with Crippen molar-refractivity contribution in [2.24, 2.45) is 0 Å². The lowest BCUT2D eigenvalue weighted by Gasteiger charge is -1.92. The predicted molar refractivity (Wildman–Crippen MR) is 90.9 cm³/mol. The van der Waals surface area contributed by atoms with Crippen molar-refractivity contribution in [2.75, 3.05) is 0 Å². The molecule has 0 aromatic heterocycles. The Morgan fingerprint density at radius 1 is 0.696 bits per heavy atom. The van der Waals surface area contributed by atoms with Crippen molar-refractivity contribution in [1.29, 1.82) is 0 Å². The van der Waals surface area contributed by atoms with Gasteiger partial charge in [0.05, 0.1) is 0 Å². The Bertz CT molecular complexity index is 563. The van der Waals surface area contributed by atoms with Crippen LogP contribution in [0.1, 0.15) is 30.4 Å². The second-order valence-electron chi connectivity index (χ2n) is 4.80. The number of hydrogen-bond donors (Lipinski definition) is 2. The highest BCUT2D eigenvalue weighted by Gasteiger charge is 1.99. The third kappa shape index (κ3) is 9.63. The number of benzene rings is 2. The summed E-state index contributed by atoms with van der Waals surface area (Å²) >= 11 is 0. The first-order valence-corrected chi connectivity index (χ1v) is 7.29. The minimum Gasteiger partial charge on any atom is -0.481 e. The van der Waals surface area contributed by atoms with Crippen molar-refractivity contribution in [1.82, 2.24) is 0 Å². The topological polar surface area (TPSA) is 74.6 Å². The van der Waals surface area contributed by atoms with Gasteiger partial charge < -0.3 is 10.2 Å². The molecule has 0 bridgehead atoms. The molecular formula is C19H20O4. The van der Waals surface area contributed by atoms with Crippen LogP contribution in [-0.4, -0.2) is 22.2 Å². The molecular weight excluding hydrogens is 292 g/mol. The minimum atomic E-state index is -0.948. The molecule has 0 fully saturated rings. The Kier molecular flexibility index (Phi) is 8.52. The van der Waals surface area contributed by atoms with E-state index in [0.29, 0.717) is 0 Å². The SMILES string of the molecule is C(=Cc1ccccc1)c1ccccc1.O=C(O)CCCC(=O)O. The fourth-order valence-electron chi connectivity index (χ4n) is 1.71. The smallest absolute Gasteiger partial charge is 0.303 e. The Balaban J connectivity index is 0.000000257. The predicted octanol–water partition coefficient (Wildman–Crippen LogP) is 4.18. The number of carboxylic acids is 2. The summed E-state index contributed by atoms with van der Waals surface area (Å²) in [5.74, 6) is -1.90. The fourth-order valence-corrected chi connectivity index (χ4v) is 1.71. The minimum absolute atomic E-state index is 0.0632. The van der Waals surface area contributed by atoms with Gasteiger partial charge in [-0.3, -0.25) is 9.59 Å². The van der Waals surface area contributed by atoms with E-state index < -0.39 is 11.9 Å². The van der Waals surface area contributed by atoms with Crippen LogP contribution in [0.5, 0.6) is 0 Å². The average Bonchev–Trinajstić information content (AvgIpc) is 2.55. The molecule has 120 valence electrons. The van der Waals surface area contributed by atoms with E-state index in [4.69, 9.17) is 10.2 Å². The van der Waals surface area contributed by atoms with Crippen LogP contribution in [0.15, 0.2) is 60.7 Å². The number of aliphatic carboxylic acids is 2. The van der Waals surface area contributed by atoms with E-state index in [0.717, 1.165) is 0 Å². The van der Waals surface area contributed by atoms with E-state index in [1.165, 1.54) is 11.1 Å². The number of rotatable bonds is 6. The van der Waals surface area contributed by atoms with Crippen LogP contribution >= 0.6 is 0 Å². The van der Waals surface area contributed by atoms with Crippen LogP contribution in [-0.2, 0) is 9.59 Å². The highest BCUT2D eigenvalue weighted by atomic mass is 16.4. The molecule has 4 heteroatoms. The van der Waals surface area contributed by atoms with Crippen LogP contribution in [0.4, 0.5) is 0 Å². The molecule has 0 aliphatic rings. The normalized spacial score (nSPS) is 9.91. The van der Waals surface area contributed by atoms with Crippen LogP contribution in [0.2, 0.25) is 0 Å². The Labute approximate surface area is 135 Å². The summed E-state index contributed by atoms with van der Waals surface area (Å²) in [6.45, 7) is 0. The van der Waals surface area contributed by atoms with Crippen molar-refractivity contribution in [3.63, 3.8) is 0 Å². The molecule has 0 spiro atoms. The van der Waals surface area contributed by atoms with E-state index in [1.54, 1.807) is 0 Å². The second kappa shape index (κ2) is 10.8. The fraction of sp³-hybridized carbons (Fsp3) is 0.158. The van der Waals surface area contributed by atoms with Gasteiger partial charge in [0.2, 0.25) is 0 Å². The molecule has 0 aliphatic heterocycles. The summed E-state index contributed by atoms with van der Waals surface area (Å²) in [7, 11) is 0. The number of carbonyl (C=O) groups is 2. The van der Waals surface area contributed by atoms with E-state index in [2.05, 4.69) is 36.4 Å². The standard InChI is InChI=1S/C14H12.C5H8O4/c1-3-7-13(8-4-1)11-12-14-9-5-2-6-10-14;6-4(7)2-1-3-5(8)9/h1-12H;1-3H2,(H,6,7)(H,8,9). The summed E-state index contributed by atoms with van der Waals surface area (Å²) in [4.78, 5) is 19.6. The Morgan fingerprint density at radius 3 is 1.35 bits per heavy atom. The summed E-state index contributed by atoms with van der Waals surface area (Å²) in [5.41, 5.74) is 2.47. The van der Waals surface area contributed by atoms with Gasteiger partial charge in [0.25, 0.3) is 0 Å². The van der Waals surface area contributed by atoms with E-state index in [9.17, 15) is 9.59 Å². The molecule has 2 N–H and O–H groups in total. The molecule has 2 rings (SSSR count). The van der Waals surface area contributed by atoms with Gasteiger partial charge in [-0.25, -0.2) is 0 Å². The highest BCUT2D eigenvalue weighted by Crippen LogP contribution is 2.06. The van der Waals surface area contributed by atoms with Gasteiger partial charge in [0.15, 0.2) is 0 Å². The van der Waals surface area contributed by atoms with E-state index >= 15 is 0 Å².